The Morgan fingerprint density at radius 2 is 1.92 bits per heavy atom. The molecule has 2 saturated carbocycles. The highest BCUT2D eigenvalue weighted by Gasteiger charge is 2.38. The molecule has 0 bridgehead atoms. The maximum Gasteiger partial charge on any atom is 0.150 e. The molecule has 7 nitrogen and oxygen atoms in total. The van der Waals surface area contributed by atoms with Crippen LogP contribution < -0.4 is 4.90 Å². The fourth-order valence-corrected chi connectivity index (χ4v) is 6.35. The summed E-state index contributed by atoms with van der Waals surface area (Å²) < 4.78 is 24.8. The number of nitrogens with one attached hydrogen (secondary N) is 1. The summed E-state index contributed by atoms with van der Waals surface area (Å²) in [5, 5.41) is 9.80. The molecule has 2 aliphatic rings. The molecule has 138 valence electrons. The van der Waals surface area contributed by atoms with Gasteiger partial charge >= 0.3 is 0 Å². The molecule has 4 rings (SSSR count). The zero-order valence-electron chi connectivity index (χ0n) is 14.8. The number of nitrogens with zero attached hydrogens (tertiary/aromatic N) is 4. The van der Waals surface area contributed by atoms with Gasteiger partial charge in [-0.1, -0.05) is 0 Å². The molecule has 2 aromatic heterocycles. The predicted molar refractivity (Wildman–Crippen MR) is 99.3 cm³/mol. The van der Waals surface area contributed by atoms with Gasteiger partial charge in [-0.3, -0.25) is 0 Å². The van der Waals surface area contributed by atoms with Crippen molar-refractivity contribution < 1.29 is 8.42 Å². The number of anilines is 1. The van der Waals surface area contributed by atoms with E-state index in [0.717, 1.165) is 42.5 Å². The fourth-order valence-electron chi connectivity index (χ4n) is 4.23. The quantitative estimate of drug-likeness (QED) is 0.832. The first-order valence-electron chi connectivity index (χ1n) is 9.06. The van der Waals surface area contributed by atoms with E-state index in [9.17, 15) is 8.42 Å². The number of aromatic nitrogens is 3. The number of sulfone groups is 1. The van der Waals surface area contributed by atoms with Gasteiger partial charge in [0.1, 0.15) is 17.8 Å². The van der Waals surface area contributed by atoms with Crippen molar-refractivity contribution in [2.75, 3.05) is 23.5 Å². The number of nitriles is 1. The summed E-state index contributed by atoms with van der Waals surface area (Å²) >= 11 is 0. The second-order valence-corrected chi connectivity index (χ2v) is 9.93. The van der Waals surface area contributed by atoms with E-state index >= 15 is 0 Å². The van der Waals surface area contributed by atoms with Crippen molar-refractivity contribution in [3.05, 3.63) is 18.6 Å². The van der Waals surface area contributed by atoms with Gasteiger partial charge in [0.15, 0.2) is 9.84 Å². The Labute approximate surface area is 153 Å². The normalized spacial score (nSPS) is 28.2. The molecule has 0 amide bonds. The molecule has 8 heteroatoms. The standard InChI is InChI=1S/C18H23N5O2S/c1-23(18-16-2-3-20-17(16)21-11-22-18)15-6-14(7-15)10-26(24,25)9-13-4-12(5-13)8-19/h2-3,11-15H,4-7,9-10H2,1H3,(H,20,21,22)/t12-,13-,14-,15+. The molecule has 0 radical (unpaired) electrons. The highest BCUT2D eigenvalue weighted by atomic mass is 32.2. The number of hydrogen-bond acceptors (Lipinski definition) is 6. The minimum atomic E-state index is -3.03. The summed E-state index contributed by atoms with van der Waals surface area (Å²) in [6, 6.07) is 4.49. The van der Waals surface area contributed by atoms with Crippen LogP contribution in [0.25, 0.3) is 11.0 Å². The van der Waals surface area contributed by atoms with Gasteiger partial charge < -0.3 is 9.88 Å². The van der Waals surface area contributed by atoms with E-state index in [4.69, 9.17) is 5.26 Å². The lowest BCUT2D eigenvalue weighted by Gasteiger charge is -2.42. The lowest BCUT2D eigenvalue weighted by atomic mass is 9.77. The van der Waals surface area contributed by atoms with E-state index in [1.54, 1.807) is 6.33 Å². The Morgan fingerprint density at radius 1 is 1.23 bits per heavy atom. The Kier molecular flexibility index (Phi) is 4.35. The van der Waals surface area contributed by atoms with Crippen molar-refractivity contribution in [1.29, 1.82) is 5.26 Å². The van der Waals surface area contributed by atoms with Gasteiger partial charge in [-0.25, -0.2) is 18.4 Å². The molecule has 0 aliphatic heterocycles. The third-order valence-corrected chi connectivity index (χ3v) is 7.78. The van der Waals surface area contributed by atoms with Gasteiger partial charge in [0.2, 0.25) is 0 Å². The molecule has 2 aliphatic carbocycles. The van der Waals surface area contributed by atoms with Gasteiger partial charge in [-0.15, -0.1) is 0 Å². The van der Waals surface area contributed by atoms with Crippen molar-refractivity contribution in [2.45, 2.75) is 31.7 Å². The largest absolute Gasteiger partial charge is 0.356 e. The van der Waals surface area contributed by atoms with Gasteiger partial charge in [0.05, 0.1) is 23.0 Å². The minimum absolute atomic E-state index is 0.0649. The van der Waals surface area contributed by atoms with E-state index in [-0.39, 0.29) is 29.3 Å². The number of H-pyrrole nitrogens is 1. The van der Waals surface area contributed by atoms with E-state index in [0.29, 0.717) is 6.04 Å². The molecule has 0 aromatic carbocycles. The smallest absolute Gasteiger partial charge is 0.150 e. The molecule has 2 aromatic rings. The Morgan fingerprint density at radius 3 is 2.62 bits per heavy atom. The van der Waals surface area contributed by atoms with Crippen LogP contribution in [0.3, 0.4) is 0 Å². The van der Waals surface area contributed by atoms with Crippen LogP contribution in [0.15, 0.2) is 18.6 Å². The highest BCUT2D eigenvalue weighted by Crippen LogP contribution is 2.38. The molecule has 0 atom stereocenters. The lowest BCUT2D eigenvalue weighted by Crippen LogP contribution is -2.45. The maximum atomic E-state index is 12.4. The summed E-state index contributed by atoms with van der Waals surface area (Å²) in [4.78, 5) is 13.8. The van der Waals surface area contributed by atoms with Gasteiger partial charge in [0.25, 0.3) is 0 Å². The second kappa shape index (κ2) is 6.54. The Bertz CT molecular complexity index is 936. The van der Waals surface area contributed by atoms with Crippen molar-refractivity contribution in [2.24, 2.45) is 17.8 Å². The lowest BCUT2D eigenvalue weighted by molar-refractivity contribution is 0.266. The van der Waals surface area contributed by atoms with Crippen molar-refractivity contribution in [3.8, 4) is 6.07 Å². The second-order valence-electron chi connectivity index (χ2n) is 7.78. The van der Waals surface area contributed by atoms with E-state index in [1.165, 1.54) is 0 Å². The first-order valence-corrected chi connectivity index (χ1v) is 10.9. The van der Waals surface area contributed by atoms with E-state index in [2.05, 4.69) is 25.9 Å². The third-order valence-electron chi connectivity index (χ3n) is 5.82. The van der Waals surface area contributed by atoms with Crippen LogP contribution in [-0.2, 0) is 9.84 Å². The average molecular weight is 373 g/mol. The topological polar surface area (TPSA) is 103 Å². The minimum Gasteiger partial charge on any atom is -0.356 e. The molecule has 0 spiro atoms. The maximum absolute atomic E-state index is 12.4. The highest BCUT2D eigenvalue weighted by molar-refractivity contribution is 7.91. The van der Waals surface area contributed by atoms with Gasteiger partial charge in [-0.2, -0.15) is 5.26 Å². The molecule has 2 fully saturated rings. The van der Waals surface area contributed by atoms with Crippen molar-refractivity contribution in [3.63, 3.8) is 0 Å². The predicted octanol–water partition coefficient (Wildman–Crippen LogP) is 2.14. The monoisotopic (exact) mass is 373 g/mol. The first-order chi connectivity index (χ1) is 12.4. The molecule has 2 heterocycles. The van der Waals surface area contributed by atoms with Crippen LogP contribution in [0, 0.1) is 29.1 Å². The summed E-state index contributed by atoms with van der Waals surface area (Å²) in [7, 11) is -1.02. The average Bonchev–Trinajstić information content (AvgIpc) is 3.01. The summed E-state index contributed by atoms with van der Waals surface area (Å²) in [5.41, 5.74) is 0.816. The number of rotatable bonds is 6. The van der Waals surface area contributed by atoms with Crippen LogP contribution in [0.5, 0.6) is 0 Å². The zero-order chi connectivity index (χ0) is 18.3. The van der Waals surface area contributed by atoms with Crippen molar-refractivity contribution >= 4 is 26.7 Å². The fraction of sp³-hybridized carbons (Fsp3) is 0.611. The van der Waals surface area contributed by atoms with Crippen molar-refractivity contribution in [1.82, 2.24) is 15.0 Å². The van der Waals surface area contributed by atoms with Gasteiger partial charge in [0, 0.05) is 25.2 Å². The van der Waals surface area contributed by atoms with E-state index in [1.807, 2.05) is 19.3 Å². The summed E-state index contributed by atoms with van der Waals surface area (Å²) in [6.07, 6.45) is 6.63. The summed E-state index contributed by atoms with van der Waals surface area (Å²) in [5.74, 6) is 1.88. The molecule has 0 unspecified atom stereocenters. The number of fused-ring (bicyclic) bond motifs is 1. The van der Waals surface area contributed by atoms with Gasteiger partial charge in [-0.05, 0) is 43.6 Å². The molecule has 1 N–H and O–H groups in total. The molecular formula is C18H23N5O2S. The van der Waals surface area contributed by atoms with Crippen LogP contribution >= 0.6 is 0 Å². The molecule has 0 saturated heterocycles. The van der Waals surface area contributed by atoms with Crippen LogP contribution in [0.1, 0.15) is 25.7 Å². The molecule has 26 heavy (non-hydrogen) atoms. The SMILES string of the molecule is CN(c1ncnc2[nH]ccc12)[C@H]1C[C@@H](CS(=O)(=O)C[C@H]2C[C@H](C#N)C2)C1. The zero-order valence-corrected chi connectivity index (χ0v) is 15.6. The Hall–Kier alpha value is -2.14. The van der Waals surface area contributed by atoms with Crippen LogP contribution in [-0.4, -0.2) is 48.0 Å². The number of hydrogen-bond donors (Lipinski definition) is 1. The first kappa shape index (κ1) is 17.3. The summed E-state index contributed by atoms with van der Waals surface area (Å²) in [6.45, 7) is 0. The molecular weight excluding hydrogens is 350 g/mol. The Balaban J connectivity index is 1.31. The number of aromatic amines is 1. The van der Waals surface area contributed by atoms with Crippen LogP contribution in [0.4, 0.5) is 5.82 Å². The van der Waals surface area contributed by atoms with E-state index < -0.39 is 9.84 Å². The third kappa shape index (κ3) is 3.28. The van der Waals surface area contributed by atoms with Crippen LogP contribution in [0.2, 0.25) is 0 Å².